The Morgan fingerprint density at radius 1 is 1.14 bits per heavy atom. The van der Waals surface area contributed by atoms with E-state index in [1.165, 1.54) is 0 Å². The fourth-order valence-electron chi connectivity index (χ4n) is 4.63. The van der Waals surface area contributed by atoms with Crippen LogP contribution in [0, 0.1) is 0 Å². The third kappa shape index (κ3) is 2.99. The molecule has 2 saturated heterocycles. The molecular weight excluding hydrogens is 354 g/mol. The van der Waals surface area contributed by atoms with Gasteiger partial charge in [0.05, 0.1) is 7.11 Å². The van der Waals surface area contributed by atoms with Gasteiger partial charge in [0.25, 0.3) is 5.91 Å². The molecule has 2 atom stereocenters. The summed E-state index contributed by atoms with van der Waals surface area (Å²) in [6.07, 6.45) is 5.63. The van der Waals surface area contributed by atoms with Crippen molar-refractivity contribution in [2.24, 2.45) is 0 Å². The van der Waals surface area contributed by atoms with E-state index in [9.17, 15) is 4.79 Å². The molecule has 2 unspecified atom stereocenters. The molecule has 4 heterocycles. The van der Waals surface area contributed by atoms with Crippen molar-refractivity contribution >= 4 is 16.8 Å². The molecule has 6 nitrogen and oxygen atoms in total. The van der Waals surface area contributed by atoms with Crippen molar-refractivity contribution in [2.75, 3.05) is 7.11 Å². The number of aromatic amines is 1. The van der Waals surface area contributed by atoms with Crippen LogP contribution in [-0.2, 0) is 0 Å². The molecule has 1 N–H and O–H groups in total. The summed E-state index contributed by atoms with van der Waals surface area (Å²) in [6.45, 7) is 0. The highest BCUT2D eigenvalue weighted by Crippen LogP contribution is 2.38. The molecule has 2 bridgehead atoms. The van der Waals surface area contributed by atoms with Crippen LogP contribution in [0.25, 0.3) is 10.9 Å². The van der Waals surface area contributed by atoms with E-state index in [4.69, 9.17) is 9.47 Å². The van der Waals surface area contributed by atoms with E-state index in [0.29, 0.717) is 11.6 Å². The molecule has 0 spiro atoms. The van der Waals surface area contributed by atoms with Crippen LogP contribution in [0.3, 0.4) is 0 Å². The van der Waals surface area contributed by atoms with Crippen LogP contribution in [-0.4, -0.2) is 46.1 Å². The highest BCUT2D eigenvalue weighted by atomic mass is 16.5. The van der Waals surface area contributed by atoms with E-state index in [1.807, 2.05) is 42.5 Å². The number of H-pyrrole nitrogens is 1. The third-order valence-corrected chi connectivity index (χ3v) is 5.91. The van der Waals surface area contributed by atoms with Gasteiger partial charge >= 0.3 is 0 Å². The van der Waals surface area contributed by atoms with Crippen LogP contribution in [0.4, 0.5) is 0 Å². The highest BCUT2D eigenvalue weighted by Gasteiger charge is 2.44. The van der Waals surface area contributed by atoms with Crippen molar-refractivity contribution in [3.05, 3.63) is 54.4 Å². The number of hydrogen-bond acceptors (Lipinski definition) is 4. The van der Waals surface area contributed by atoms with E-state index >= 15 is 0 Å². The van der Waals surface area contributed by atoms with E-state index in [1.54, 1.807) is 13.3 Å². The van der Waals surface area contributed by atoms with Gasteiger partial charge in [-0.25, -0.2) is 4.98 Å². The van der Waals surface area contributed by atoms with Crippen LogP contribution in [0.5, 0.6) is 11.6 Å². The number of nitrogens with one attached hydrogen (secondary N) is 1. The summed E-state index contributed by atoms with van der Waals surface area (Å²) in [6, 6.07) is 13.9. The normalized spacial score (nSPS) is 23.8. The smallest absolute Gasteiger partial charge is 0.270 e. The lowest BCUT2D eigenvalue weighted by atomic mass is 9.99. The maximum absolute atomic E-state index is 13.3. The number of aromatic nitrogens is 2. The minimum absolute atomic E-state index is 0.0824. The molecule has 1 aromatic carbocycles. The largest absolute Gasteiger partial charge is 0.497 e. The van der Waals surface area contributed by atoms with Gasteiger partial charge in [0.2, 0.25) is 5.88 Å². The summed E-state index contributed by atoms with van der Waals surface area (Å²) >= 11 is 0. The fraction of sp³-hybridized carbons (Fsp3) is 0.364. The number of carbonyl (C=O) groups is 1. The van der Waals surface area contributed by atoms with E-state index in [2.05, 4.69) is 14.9 Å². The molecule has 0 saturated carbocycles. The minimum Gasteiger partial charge on any atom is -0.497 e. The number of amides is 1. The minimum atomic E-state index is 0.0824. The molecule has 0 radical (unpaired) electrons. The van der Waals surface area contributed by atoms with Gasteiger partial charge in [-0.15, -0.1) is 0 Å². The van der Waals surface area contributed by atoms with Crippen molar-refractivity contribution in [3.8, 4) is 11.6 Å². The molecule has 144 valence electrons. The first-order valence-corrected chi connectivity index (χ1v) is 9.78. The highest BCUT2D eigenvalue weighted by molar-refractivity contribution is 5.98. The Bertz CT molecular complexity index is 987. The second kappa shape index (κ2) is 6.86. The van der Waals surface area contributed by atoms with Gasteiger partial charge in [-0.1, -0.05) is 6.07 Å². The van der Waals surface area contributed by atoms with Crippen LogP contribution in [0.1, 0.15) is 36.2 Å². The number of rotatable bonds is 4. The molecule has 0 aliphatic carbocycles. The molecule has 1 amide bonds. The number of fused-ring (bicyclic) bond motifs is 3. The fourth-order valence-corrected chi connectivity index (χ4v) is 4.63. The monoisotopic (exact) mass is 377 g/mol. The maximum Gasteiger partial charge on any atom is 0.270 e. The number of carbonyl (C=O) groups excluding carboxylic acids is 1. The van der Waals surface area contributed by atoms with Gasteiger partial charge in [0.1, 0.15) is 17.5 Å². The number of methoxy groups -OCH3 is 1. The Hall–Kier alpha value is -3.02. The molecule has 5 rings (SSSR count). The molecule has 2 aromatic heterocycles. The lowest BCUT2D eigenvalue weighted by molar-refractivity contribution is 0.0344. The zero-order valence-corrected chi connectivity index (χ0v) is 15.8. The average molecular weight is 377 g/mol. The second-order valence-electron chi connectivity index (χ2n) is 7.61. The third-order valence-electron chi connectivity index (χ3n) is 5.91. The van der Waals surface area contributed by atoms with Gasteiger partial charge < -0.3 is 19.4 Å². The van der Waals surface area contributed by atoms with Crippen molar-refractivity contribution in [1.29, 1.82) is 0 Å². The molecule has 28 heavy (non-hydrogen) atoms. The van der Waals surface area contributed by atoms with Gasteiger partial charge in [-0.2, -0.15) is 0 Å². The van der Waals surface area contributed by atoms with Gasteiger partial charge in [-0.3, -0.25) is 4.79 Å². The van der Waals surface area contributed by atoms with Crippen molar-refractivity contribution < 1.29 is 14.3 Å². The summed E-state index contributed by atoms with van der Waals surface area (Å²) in [7, 11) is 1.64. The van der Waals surface area contributed by atoms with Crippen molar-refractivity contribution in [1.82, 2.24) is 14.9 Å². The first-order chi connectivity index (χ1) is 13.7. The van der Waals surface area contributed by atoms with Crippen LogP contribution in [0.2, 0.25) is 0 Å². The number of benzene rings is 1. The Balaban J connectivity index is 1.34. The van der Waals surface area contributed by atoms with Crippen LogP contribution in [0.15, 0.2) is 48.7 Å². The first kappa shape index (κ1) is 17.1. The van der Waals surface area contributed by atoms with Crippen LogP contribution >= 0.6 is 0 Å². The van der Waals surface area contributed by atoms with E-state index < -0.39 is 0 Å². The Morgan fingerprint density at radius 2 is 1.96 bits per heavy atom. The van der Waals surface area contributed by atoms with Gasteiger partial charge in [0.15, 0.2) is 0 Å². The van der Waals surface area contributed by atoms with Gasteiger partial charge in [-0.05, 0) is 37.1 Å². The molecule has 3 aromatic rings. The van der Waals surface area contributed by atoms with Crippen molar-refractivity contribution in [3.63, 3.8) is 0 Å². The summed E-state index contributed by atoms with van der Waals surface area (Å²) in [5.41, 5.74) is 1.56. The van der Waals surface area contributed by atoms with Gasteiger partial charge in [0, 0.05) is 54.2 Å². The number of ether oxygens (including phenoxy) is 2. The predicted molar refractivity (Wildman–Crippen MR) is 106 cm³/mol. The summed E-state index contributed by atoms with van der Waals surface area (Å²) in [5.74, 6) is 1.52. The molecule has 2 aliphatic rings. The predicted octanol–water partition coefficient (Wildman–Crippen LogP) is 3.79. The number of piperidine rings is 1. The zero-order valence-electron chi connectivity index (χ0n) is 15.8. The van der Waals surface area contributed by atoms with Crippen LogP contribution < -0.4 is 9.47 Å². The Labute approximate surface area is 163 Å². The van der Waals surface area contributed by atoms with E-state index in [-0.39, 0.29) is 24.1 Å². The number of pyridine rings is 1. The quantitative estimate of drug-likeness (QED) is 0.751. The molecule has 2 fully saturated rings. The number of hydrogen-bond donors (Lipinski definition) is 1. The maximum atomic E-state index is 13.3. The summed E-state index contributed by atoms with van der Waals surface area (Å²) < 4.78 is 11.4. The standard InChI is InChI=1S/C22H23N3O3/c1-27-17-8-5-14-10-20(24-19(14)13-17)22(26)25-15-6-7-16(25)12-18(11-15)28-21-4-2-3-9-23-21/h2-5,8-10,13,15-16,18,24H,6-7,11-12H2,1H3. The summed E-state index contributed by atoms with van der Waals surface area (Å²) in [4.78, 5) is 22.9. The SMILES string of the molecule is COc1ccc2cc(C(=O)N3C4CCC3CC(Oc3ccccn3)C4)[nH]c2c1. The summed E-state index contributed by atoms with van der Waals surface area (Å²) in [5, 5.41) is 1.02. The molecule has 2 aliphatic heterocycles. The van der Waals surface area contributed by atoms with E-state index in [0.717, 1.165) is 42.3 Å². The first-order valence-electron chi connectivity index (χ1n) is 9.78. The molecular formula is C22H23N3O3. The Morgan fingerprint density at radius 3 is 2.68 bits per heavy atom. The number of nitrogens with zero attached hydrogens (tertiary/aromatic N) is 2. The average Bonchev–Trinajstić information content (AvgIpc) is 3.26. The van der Waals surface area contributed by atoms with Crippen molar-refractivity contribution in [2.45, 2.75) is 43.9 Å². The lowest BCUT2D eigenvalue weighted by Crippen LogP contribution is -2.49. The second-order valence-corrected chi connectivity index (χ2v) is 7.61. The molecule has 6 heteroatoms. The topological polar surface area (TPSA) is 67.4 Å². The zero-order chi connectivity index (χ0) is 19.1. The Kier molecular flexibility index (Phi) is 4.19. The lowest BCUT2D eigenvalue weighted by Gasteiger charge is -2.38.